The fourth-order valence-corrected chi connectivity index (χ4v) is 2.10. The van der Waals surface area contributed by atoms with Gasteiger partial charge in [-0.15, -0.1) is 0 Å². The zero-order valence-electron chi connectivity index (χ0n) is 12.4. The van der Waals surface area contributed by atoms with Crippen LogP contribution >= 0.6 is 0 Å². The first-order valence-electron chi connectivity index (χ1n) is 6.65. The Morgan fingerprint density at radius 2 is 2.14 bits per heavy atom. The van der Waals surface area contributed by atoms with Crippen molar-refractivity contribution in [3.63, 3.8) is 0 Å². The van der Waals surface area contributed by atoms with Crippen molar-refractivity contribution in [1.82, 2.24) is 15.1 Å². The number of nitrogens with zero attached hydrogens (tertiary/aromatic N) is 2. The third-order valence-electron chi connectivity index (χ3n) is 3.05. The van der Waals surface area contributed by atoms with Crippen LogP contribution in [-0.4, -0.2) is 35.9 Å². The molecule has 0 fully saturated rings. The molecular weight excluding hydrogens is 270 g/mol. The Morgan fingerprint density at radius 3 is 2.76 bits per heavy atom. The summed E-state index contributed by atoms with van der Waals surface area (Å²) < 4.78 is 12.2. The largest absolute Gasteiger partial charge is 0.493 e. The maximum absolute atomic E-state index is 12.4. The summed E-state index contributed by atoms with van der Waals surface area (Å²) in [4.78, 5) is 12.4. The lowest BCUT2D eigenvalue weighted by atomic mass is 10.1. The molecule has 1 atom stereocenters. The molecule has 1 N–H and O–H groups in total. The normalized spacial score (nSPS) is 11.8. The van der Waals surface area contributed by atoms with E-state index in [9.17, 15) is 4.79 Å². The number of hydrogen-bond donors (Lipinski definition) is 1. The molecule has 1 aromatic carbocycles. The molecule has 6 heteroatoms. The van der Waals surface area contributed by atoms with E-state index in [4.69, 9.17) is 9.47 Å². The van der Waals surface area contributed by atoms with Gasteiger partial charge in [-0.2, -0.15) is 5.10 Å². The zero-order valence-corrected chi connectivity index (χ0v) is 12.4. The highest BCUT2D eigenvalue weighted by Crippen LogP contribution is 2.30. The van der Waals surface area contributed by atoms with Crippen molar-refractivity contribution in [2.75, 3.05) is 14.2 Å². The van der Waals surface area contributed by atoms with Crippen molar-refractivity contribution < 1.29 is 14.3 Å². The molecule has 2 rings (SSSR count). The predicted molar refractivity (Wildman–Crippen MR) is 78.7 cm³/mol. The second kappa shape index (κ2) is 6.78. The molecule has 0 aliphatic heterocycles. The van der Waals surface area contributed by atoms with Gasteiger partial charge in [-0.1, -0.05) is 6.07 Å². The lowest BCUT2D eigenvalue weighted by Gasteiger charge is -2.16. The van der Waals surface area contributed by atoms with Crippen LogP contribution in [-0.2, 0) is 6.54 Å². The third kappa shape index (κ3) is 3.53. The zero-order chi connectivity index (χ0) is 15.2. The SMILES string of the molecule is COc1cccc(C(=O)N[C@@H](C)Cn2cccn2)c1OC. The second-order valence-electron chi connectivity index (χ2n) is 4.64. The lowest BCUT2D eigenvalue weighted by molar-refractivity contribution is 0.0932. The van der Waals surface area contributed by atoms with Crippen LogP contribution in [0.2, 0.25) is 0 Å². The maximum atomic E-state index is 12.4. The topological polar surface area (TPSA) is 65.4 Å². The van der Waals surface area contributed by atoms with Crippen LogP contribution in [0.5, 0.6) is 11.5 Å². The summed E-state index contributed by atoms with van der Waals surface area (Å²) in [6.07, 6.45) is 3.56. The van der Waals surface area contributed by atoms with Gasteiger partial charge in [0.15, 0.2) is 11.5 Å². The van der Waals surface area contributed by atoms with Gasteiger partial charge >= 0.3 is 0 Å². The van der Waals surface area contributed by atoms with Gasteiger partial charge in [-0.25, -0.2) is 0 Å². The summed E-state index contributed by atoms with van der Waals surface area (Å²) in [7, 11) is 3.06. The van der Waals surface area contributed by atoms with E-state index in [1.165, 1.54) is 7.11 Å². The molecular formula is C15H19N3O3. The number of amides is 1. The average molecular weight is 289 g/mol. The van der Waals surface area contributed by atoms with Gasteiger partial charge in [0.25, 0.3) is 5.91 Å². The minimum Gasteiger partial charge on any atom is -0.493 e. The summed E-state index contributed by atoms with van der Waals surface area (Å²) in [5, 5.41) is 7.04. The van der Waals surface area contributed by atoms with Crippen LogP contribution < -0.4 is 14.8 Å². The van der Waals surface area contributed by atoms with Crippen LogP contribution in [0.3, 0.4) is 0 Å². The summed E-state index contributed by atoms with van der Waals surface area (Å²) in [5.41, 5.74) is 0.448. The summed E-state index contributed by atoms with van der Waals surface area (Å²) >= 11 is 0. The van der Waals surface area contributed by atoms with Crippen molar-refractivity contribution in [3.8, 4) is 11.5 Å². The van der Waals surface area contributed by atoms with Crippen LogP contribution in [0.1, 0.15) is 17.3 Å². The number of carbonyl (C=O) groups excluding carboxylic acids is 1. The molecule has 1 heterocycles. The predicted octanol–water partition coefficient (Wildman–Crippen LogP) is 1.72. The van der Waals surface area contributed by atoms with Gasteiger partial charge < -0.3 is 14.8 Å². The molecule has 0 radical (unpaired) electrons. The number of carbonyl (C=O) groups is 1. The molecule has 6 nitrogen and oxygen atoms in total. The number of aromatic nitrogens is 2. The number of benzene rings is 1. The van der Waals surface area contributed by atoms with E-state index in [1.54, 1.807) is 36.2 Å². The fourth-order valence-electron chi connectivity index (χ4n) is 2.10. The smallest absolute Gasteiger partial charge is 0.255 e. The highest BCUT2D eigenvalue weighted by molar-refractivity contribution is 5.97. The van der Waals surface area contributed by atoms with Gasteiger partial charge in [0, 0.05) is 18.4 Å². The van der Waals surface area contributed by atoms with Crippen LogP contribution in [0.4, 0.5) is 0 Å². The van der Waals surface area contributed by atoms with Gasteiger partial charge in [0.05, 0.1) is 26.3 Å². The summed E-state index contributed by atoms with van der Waals surface area (Å²) in [6.45, 7) is 2.53. The average Bonchev–Trinajstić information content (AvgIpc) is 2.98. The molecule has 0 saturated carbocycles. The first kappa shape index (κ1) is 14.9. The first-order valence-corrected chi connectivity index (χ1v) is 6.65. The molecule has 0 aliphatic carbocycles. The summed E-state index contributed by atoms with van der Waals surface area (Å²) in [6, 6.07) is 7.00. The number of ether oxygens (including phenoxy) is 2. The minimum absolute atomic E-state index is 0.0618. The molecule has 1 amide bonds. The van der Waals surface area contributed by atoms with Crippen molar-refractivity contribution in [2.45, 2.75) is 19.5 Å². The molecule has 0 unspecified atom stereocenters. The van der Waals surface area contributed by atoms with Gasteiger partial charge in [-0.05, 0) is 25.1 Å². The molecule has 21 heavy (non-hydrogen) atoms. The van der Waals surface area contributed by atoms with E-state index in [2.05, 4.69) is 10.4 Å². The number of para-hydroxylation sites is 1. The molecule has 1 aromatic heterocycles. The van der Waals surface area contributed by atoms with E-state index in [-0.39, 0.29) is 11.9 Å². The minimum atomic E-state index is -0.203. The van der Waals surface area contributed by atoms with Crippen LogP contribution in [0, 0.1) is 0 Å². The molecule has 0 bridgehead atoms. The van der Waals surface area contributed by atoms with Crippen LogP contribution in [0.15, 0.2) is 36.7 Å². The Morgan fingerprint density at radius 1 is 1.33 bits per heavy atom. The van der Waals surface area contributed by atoms with Gasteiger partial charge in [0.1, 0.15) is 0 Å². The monoisotopic (exact) mass is 289 g/mol. The van der Waals surface area contributed by atoms with Gasteiger partial charge in [0.2, 0.25) is 0 Å². The van der Waals surface area contributed by atoms with E-state index in [1.807, 2.05) is 19.2 Å². The van der Waals surface area contributed by atoms with E-state index in [0.29, 0.717) is 23.6 Å². The van der Waals surface area contributed by atoms with Crippen molar-refractivity contribution in [1.29, 1.82) is 0 Å². The second-order valence-corrected chi connectivity index (χ2v) is 4.64. The number of hydrogen-bond acceptors (Lipinski definition) is 4. The Kier molecular flexibility index (Phi) is 4.81. The first-order chi connectivity index (χ1) is 10.2. The van der Waals surface area contributed by atoms with E-state index < -0.39 is 0 Å². The lowest BCUT2D eigenvalue weighted by Crippen LogP contribution is -2.36. The fraction of sp³-hybridized carbons (Fsp3) is 0.333. The summed E-state index contributed by atoms with van der Waals surface area (Å²) in [5.74, 6) is 0.763. The standard InChI is InChI=1S/C15H19N3O3/c1-11(10-18-9-5-8-16-18)17-15(19)12-6-4-7-13(20-2)14(12)21-3/h4-9,11H,10H2,1-3H3,(H,17,19)/t11-/m0/s1. The van der Waals surface area contributed by atoms with Crippen LogP contribution in [0.25, 0.3) is 0 Å². The third-order valence-corrected chi connectivity index (χ3v) is 3.05. The highest BCUT2D eigenvalue weighted by Gasteiger charge is 2.18. The molecule has 0 aliphatic rings. The Labute approximate surface area is 123 Å². The Bertz CT molecular complexity index is 596. The van der Waals surface area contributed by atoms with E-state index in [0.717, 1.165) is 0 Å². The number of nitrogens with one attached hydrogen (secondary N) is 1. The Hall–Kier alpha value is -2.50. The van der Waals surface area contributed by atoms with Crippen molar-refractivity contribution in [2.24, 2.45) is 0 Å². The van der Waals surface area contributed by atoms with Crippen molar-refractivity contribution in [3.05, 3.63) is 42.2 Å². The van der Waals surface area contributed by atoms with E-state index >= 15 is 0 Å². The maximum Gasteiger partial charge on any atom is 0.255 e. The van der Waals surface area contributed by atoms with Gasteiger partial charge in [-0.3, -0.25) is 9.48 Å². The molecule has 0 spiro atoms. The molecule has 112 valence electrons. The molecule has 2 aromatic rings. The highest BCUT2D eigenvalue weighted by atomic mass is 16.5. The number of methoxy groups -OCH3 is 2. The number of rotatable bonds is 6. The quantitative estimate of drug-likeness (QED) is 0.879. The Balaban J connectivity index is 2.09. The van der Waals surface area contributed by atoms with Crippen molar-refractivity contribution >= 4 is 5.91 Å². The molecule has 0 saturated heterocycles.